The first-order chi connectivity index (χ1) is 39.5. The molecule has 1 aliphatic rings. The molecule has 1 aromatic heterocycles. The molecule has 0 aliphatic carbocycles. The molecule has 442 valence electrons. The van der Waals surface area contributed by atoms with Crippen LogP contribution in [0.1, 0.15) is 70.9 Å². The van der Waals surface area contributed by atoms with Crippen molar-refractivity contribution >= 4 is 64.8 Å². The summed E-state index contributed by atoms with van der Waals surface area (Å²) in [7, 11) is 0. The Bertz CT molecular complexity index is 3070. The molecule has 1 aliphatic heterocycles. The van der Waals surface area contributed by atoms with Crippen molar-refractivity contribution in [2.24, 2.45) is 22.9 Å². The van der Waals surface area contributed by atoms with Crippen LogP contribution in [0, 0.1) is 0 Å². The van der Waals surface area contributed by atoms with Crippen LogP contribution in [-0.2, 0) is 77.0 Å². The Morgan fingerprint density at radius 1 is 0.711 bits per heavy atom. The second kappa shape index (κ2) is 30.2. The maximum Gasteiger partial charge on any atom is 0.248 e. The van der Waals surface area contributed by atoms with Gasteiger partial charge in [-0.1, -0.05) is 65.3 Å². The van der Waals surface area contributed by atoms with Crippen LogP contribution in [0.4, 0.5) is 0 Å². The molecule has 4 aromatic carbocycles. The second-order valence-electron chi connectivity index (χ2n) is 20.2. The number of aromatic hydroxyl groups is 2. The van der Waals surface area contributed by atoms with E-state index in [4.69, 9.17) is 34.5 Å². The minimum Gasteiger partial charge on any atom is -0.508 e. The smallest absolute Gasteiger partial charge is 0.248 e. The molecule has 83 heavy (non-hydrogen) atoms. The molecule has 5 aromatic rings. The Hall–Kier alpha value is -8.98. The number of primary amides is 2. The predicted octanol–water partition coefficient (Wildman–Crippen LogP) is -1.93. The number of nitrogens with zero attached hydrogens (tertiary/aromatic N) is 3. The van der Waals surface area contributed by atoms with E-state index >= 15 is 0 Å². The van der Waals surface area contributed by atoms with Crippen LogP contribution in [-0.4, -0.2) is 144 Å². The van der Waals surface area contributed by atoms with Crippen LogP contribution in [0.2, 0.25) is 5.02 Å². The van der Waals surface area contributed by atoms with Crippen molar-refractivity contribution in [1.82, 2.24) is 52.2 Å². The molecule has 9 amide bonds. The number of phenols is 2. The standard InChI is InChI=1S/C56H69ClN14O12/c1-30(72)47-56(83)67-46(55(82)62-41(49(61)76)22-13-31-9-18-38(73)19-10-31)29-71-28-37(69-70-71)27-45(64-50(77)40(59)24-32-7-16-36(57)17-8-32)54(81)66-44(26-34-11-20-39(74)21-12-34)53(80)65-43(25-33-5-14-35(15-6-33)48(60)75)52(79)63-42(51(78)68-47)4-2-3-23-58/h5-12,14-21,28,30,40-47,72-74H,2-4,13,22-27,29,58-59H2,1H3,(H2,60,75)(H2,61,76)(H,62,82)(H,63,79)(H,64,77)(H,65,80)(H,66,81)(H,67,83)(H,68,78)/t30-,40+,41-,42+,43-,44+,45-,46+,47+/m1/s1. The summed E-state index contributed by atoms with van der Waals surface area (Å²) in [6.07, 6.45) is -0.577. The van der Waals surface area contributed by atoms with E-state index in [1.54, 1.807) is 36.4 Å². The zero-order chi connectivity index (χ0) is 60.3. The maximum atomic E-state index is 14.8. The van der Waals surface area contributed by atoms with Gasteiger partial charge in [-0.05, 0) is 123 Å². The number of aliphatic hydroxyl groups excluding tert-OH is 1. The van der Waals surface area contributed by atoms with E-state index in [-0.39, 0.29) is 74.2 Å². The molecule has 0 unspecified atom stereocenters. The monoisotopic (exact) mass is 1160 g/mol. The molecule has 2 heterocycles. The van der Waals surface area contributed by atoms with Crippen LogP contribution in [0.15, 0.2) is 103 Å². The average Bonchev–Trinajstić information content (AvgIpc) is 3.97. The van der Waals surface area contributed by atoms with Crippen molar-refractivity contribution in [3.63, 3.8) is 0 Å². The van der Waals surface area contributed by atoms with Gasteiger partial charge in [0.1, 0.15) is 53.8 Å². The van der Waals surface area contributed by atoms with Crippen LogP contribution in [0.25, 0.3) is 0 Å². The Balaban J connectivity index is 1.43. The molecule has 18 N–H and O–H groups in total. The highest BCUT2D eigenvalue weighted by atomic mass is 35.5. The van der Waals surface area contributed by atoms with E-state index in [0.717, 1.165) is 4.68 Å². The van der Waals surface area contributed by atoms with Gasteiger partial charge in [-0.15, -0.1) is 5.10 Å². The molecule has 27 heteroatoms. The Morgan fingerprint density at radius 3 is 1.82 bits per heavy atom. The molecular weight excluding hydrogens is 1100 g/mol. The Kier molecular flexibility index (Phi) is 23.0. The van der Waals surface area contributed by atoms with Crippen LogP contribution in [0.5, 0.6) is 11.5 Å². The first-order valence-electron chi connectivity index (χ1n) is 26.7. The fourth-order valence-corrected chi connectivity index (χ4v) is 9.05. The van der Waals surface area contributed by atoms with E-state index in [1.165, 1.54) is 73.8 Å². The normalized spacial score (nSPS) is 20.3. The number of amides is 9. The topological polar surface area (TPSA) is 433 Å². The zero-order valence-corrected chi connectivity index (χ0v) is 46.1. The van der Waals surface area contributed by atoms with E-state index in [2.05, 4.69) is 47.5 Å². The number of carbonyl (C=O) groups is 9. The molecule has 0 saturated carbocycles. The summed E-state index contributed by atoms with van der Waals surface area (Å²) in [6, 6.07) is 12.0. The number of unbranched alkanes of at least 4 members (excludes halogenated alkanes) is 1. The third kappa shape index (κ3) is 19.3. The molecule has 0 fully saturated rings. The number of aliphatic hydroxyl groups is 1. The molecule has 26 nitrogen and oxygen atoms in total. The molecule has 9 atom stereocenters. The number of halogens is 1. The molecular formula is C56H69ClN14O12. The summed E-state index contributed by atoms with van der Waals surface area (Å²) in [5.74, 6) is -8.44. The van der Waals surface area contributed by atoms with Crippen molar-refractivity contribution in [1.29, 1.82) is 0 Å². The quantitative estimate of drug-likeness (QED) is 0.0378. The summed E-state index contributed by atoms with van der Waals surface area (Å²) in [6.45, 7) is 0.848. The van der Waals surface area contributed by atoms with E-state index in [9.17, 15) is 58.5 Å². The Labute approximate surface area is 482 Å². The second-order valence-corrected chi connectivity index (χ2v) is 20.6. The van der Waals surface area contributed by atoms with Crippen LogP contribution < -0.4 is 60.2 Å². The number of nitrogens with two attached hydrogens (primary N) is 4. The van der Waals surface area contributed by atoms with Gasteiger partial charge in [-0.3, -0.25) is 43.2 Å². The van der Waals surface area contributed by atoms with E-state index in [0.29, 0.717) is 33.7 Å². The first kappa shape index (κ1) is 63.2. The van der Waals surface area contributed by atoms with Gasteiger partial charge >= 0.3 is 0 Å². The fourth-order valence-electron chi connectivity index (χ4n) is 8.92. The van der Waals surface area contributed by atoms with Crippen molar-refractivity contribution in [2.45, 2.75) is 126 Å². The lowest BCUT2D eigenvalue weighted by Gasteiger charge is -2.29. The van der Waals surface area contributed by atoms with Crippen LogP contribution >= 0.6 is 11.6 Å². The lowest BCUT2D eigenvalue weighted by atomic mass is 10.00. The summed E-state index contributed by atoms with van der Waals surface area (Å²) in [4.78, 5) is 126. The lowest BCUT2D eigenvalue weighted by Crippen LogP contribution is -2.62. The van der Waals surface area contributed by atoms with Crippen molar-refractivity contribution in [2.75, 3.05) is 6.54 Å². The summed E-state index contributed by atoms with van der Waals surface area (Å²) >= 11 is 6.08. The highest BCUT2D eigenvalue weighted by molar-refractivity contribution is 6.30. The van der Waals surface area contributed by atoms with Crippen molar-refractivity contribution in [3.8, 4) is 11.5 Å². The SMILES string of the molecule is C[C@@H](O)[C@@H]1NC(=O)[C@H](CCCCN)NC(=O)[C@@H](Cc2ccc(C(N)=O)cc2)NC(=O)[C@H](Cc2ccc(O)cc2)NC(=O)[C@H](NC(=O)[C@@H](N)Cc2ccc(Cl)cc2)Cc2cn(nn2)C[C@@H](C(=O)N[C@H](CCc2ccc(O)cc2)C(N)=O)NC1=O. The summed E-state index contributed by atoms with van der Waals surface area (Å²) in [5, 5.41) is 58.0. The predicted molar refractivity (Wildman–Crippen MR) is 301 cm³/mol. The maximum absolute atomic E-state index is 14.8. The molecule has 0 saturated heterocycles. The molecule has 6 rings (SSSR count). The summed E-state index contributed by atoms with van der Waals surface area (Å²) in [5.41, 5.74) is 25.8. The first-order valence-corrected chi connectivity index (χ1v) is 27.1. The molecule has 2 bridgehead atoms. The minimum atomic E-state index is -1.80. The number of hydrogen-bond donors (Lipinski definition) is 14. The van der Waals surface area contributed by atoms with Crippen LogP contribution in [0.3, 0.4) is 0 Å². The van der Waals surface area contributed by atoms with Gasteiger partial charge in [-0.2, -0.15) is 0 Å². The van der Waals surface area contributed by atoms with Gasteiger partial charge in [0, 0.05) is 36.0 Å². The highest BCUT2D eigenvalue weighted by Gasteiger charge is 2.37. The lowest BCUT2D eigenvalue weighted by molar-refractivity contribution is -0.137. The number of rotatable bonds is 20. The van der Waals surface area contributed by atoms with Gasteiger partial charge in [0.05, 0.1) is 24.4 Å². The number of nitrogens with one attached hydrogen (secondary N) is 7. The zero-order valence-electron chi connectivity index (χ0n) is 45.3. The van der Waals surface area contributed by atoms with Gasteiger partial charge in [0.2, 0.25) is 53.2 Å². The molecule has 0 spiro atoms. The van der Waals surface area contributed by atoms with Gasteiger partial charge in [-0.25, -0.2) is 4.68 Å². The van der Waals surface area contributed by atoms with Gasteiger partial charge < -0.3 is 75.5 Å². The summed E-state index contributed by atoms with van der Waals surface area (Å²) < 4.78 is 1.11. The number of aryl methyl sites for hydroxylation is 1. The number of hydrogen-bond acceptors (Lipinski definition) is 16. The fraction of sp³-hybridized carbons (Fsp3) is 0.375. The van der Waals surface area contributed by atoms with E-state index in [1.807, 2.05) is 0 Å². The molecule has 0 radical (unpaired) electrons. The number of aromatic nitrogens is 3. The number of phenolic OH excluding ortho intramolecular Hbond substituents is 2. The third-order valence-electron chi connectivity index (χ3n) is 13.6. The van der Waals surface area contributed by atoms with Crippen molar-refractivity contribution in [3.05, 3.63) is 142 Å². The average molecular weight is 1170 g/mol. The Morgan fingerprint density at radius 2 is 1.25 bits per heavy atom. The van der Waals surface area contributed by atoms with Crippen molar-refractivity contribution < 1.29 is 58.5 Å². The number of fused-ring (bicyclic) bond motifs is 2. The van der Waals surface area contributed by atoms with Gasteiger partial charge in [0.15, 0.2) is 0 Å². The van der Waals surface area contributed by atoms with E-state index < -0.39 is 121 Å². The number of carbonyl (C=O) groups excluding carboxylic acids is 9. The number of benzene rings is 4. The highest BCUT2D eigenvalue weighted by Crippen LogP contribution is 2.17. The van der Waals surface area contributed by atoms with Gasteiger partial charge in [0.25, 0.3) is 0 Å². The largest absolute Gasteiger partial charge is 0.508 e. The third-order valence-corrected chi connectivity index (χ3v) is 13.9. The minimum absolute atomic E-state index is 0.00161.